The van der Waals surface area contributed by atoms with Crippen molar-refractivity contribution < 1.29 is 28.9 Å². The largest absolute Gasteiger partial charge is 0.497 e. The SMILES string of the molecule is COc1ccc([C@@H]2C(C(=O)OC(C)(C)C)=C(NCCc3ccccc3)C[C@](C)(O)[C@H]2C(=O)OC(C)(C)C)cc1. The van der Waals surface area contributed by atoms with Crippen LogP contribution in [-0.2, 0) is 25.5 Å². The zero-order valence-corrected chi connectivity index (χ0v) is 24.5. The van der Waals surface area contributed by atoms with E-state index in [1.807, 2.05) is 42.5 Å². The van der Waals surface area contributed by atoms with E-state index in [9.17, 15) is 14.7 Å². The lowest BCUT2D eigenvalue weighted by Crippen LogP contribution is -2.52. The third kappa shape index (κ3) is 8.09. The topological polar surface area (TPSA) is 94.1 Å². The minimum Gasteiger partial charge on any atom is -0.497 e. The van der Waals surface area contributed by atoms with Crippen LogP contribution in [0.4, 0.5) is 0 Å². The molecule has 0 saturated carbocycles. The highest BCUT2D eigenvalue weighted by molar-refractivity contribution is 5.94. The molecule has 3 atom stereocenters. The molecular formula is C32H43NO6. The van der Waals surface area contributed by atoms with E-state index in [0.29, 0.717) is 29.1 Å². The minimum atomic E-state index is -1.51. The number of nitrogens with one attached hydrogen (secondary N) is 1. The number of carbonyl (C=O) groups is 2. The van der Waals surface area contributed by atoms with Crippen molar-refractivity contribution in [2.45, 2.75) is 84.0 Å². The van der Waals surface area contributed by atoms with Gasteiger partial charge in [-0.1, -0.05) is 42.5 Å². The molecule has 0 fully saturated rings. The standard InChI is InChI=1S/C32H43NO6/c1-30(2,3)38-28(34)26-24(33-19-18-21-12-10-9-11-13-21)20-32(7,36)27(29(35)39-31(4,5)6)25(26)22-14-16-23(37-8)17-15-22/h9-17,25,27,33,36H,18-20H2,1-8H3/t25-,27-,32+/m1/s1. The molecule has 7 heteroatoms. The van der Waals surface area contributed by atoms with Crippen LogP contribution in [0.5, 0.6) is 5.75 Å². The summed E-state index contributed by atoms with van der Waals surface area (Å²) in [4.78, 5) is 27.5. The summed E-state index contributed by atoms with van der Waals surface area (Å²) in [5, 5.41) is 15.2. The molecule has 2 aromatic rings. The number of esters is 2. The number of methoxy groups -OCH3 is 1. The van der Waals surface area contributed by atoms with Gasteiger partial charge in [-0.2, -0.15) is 0 Å². The molecule has 0 bridgehead atoms. The van der Waals surface area contributed by atoms with Gasteiger partial charge in [-0.15, -0.1) is 0 Å². The Hall–Kier alpha value is -3.32. The van der Waals surface area contributed by atoms with E-state index < -0.39 is 40.6 Å². The molecule has 212 valence electrons. The fourth-order valence-electron chi connectivity index (χ4n) is 4.95. The van der Waals surface area contributed by atoms with Crippen molar-refractivity contribution in [3.63, 3.8) is 0 Å². The predicted molar refractivity (Wildman–Crippen MR) is 151 cm³/mol. The summed E-state index contributed by atoms with van der Waals surface area (Å²) in [7, 11) is 1.57. The monoisotopic (exact) mass is 537 g/mol. The molecule has 0 saturated heterocycles. The Morgan fingerprint density at radius 1 is 0.949 bits per heavy atom. The molecule has 0 radical (unpaired) electrons. The number of hydrogen-bond donors (Lipinski definition) is 2. The van der Waals surface area contributed by atoms with Crippen molar-refractivity contribution >= 4 is 11.9 Å². The summed E-state index contributed by atoms with van der Waals surface area (Å²) in [5.41, 5.74) is -0.336. The van der Waals surface area contributed by atoms with Crippen LogP contribution in [0.25, 0.3) is 0 Å². The molecule has 0 spiro atoms. The summed E-state index contributed by atoms with van der Waals surface area (Å²) in [6.07, 6.45) is 0.781. The summed E-state index contributed by atoms with van der Waals surface area (Å²) in [5.74, 6) is -2.33. The van der Waals surface area contributed by atoms with Crippen LogP contribution >= 0.6 is 0 Å². The maximum atomic E-state index is 13.9. The van der Waals surface area contributed by atoms with Crippen molar-refractivity contribution in [1.29, 1.82) is 0 Å². The van der Waals surface area contributed by atoms with E-state index >= 15 is 0 Å². The van der Waals surface area contributed by atoms with Gasteiger partial charge in [0.2, 0.25) is 0 Å². The normalized spacial score (nSPS) is 21.8. The predicted octanol–water partition coefficient (Wildman–Crippen LogP) is 5.32. The first-order valence-corrected chi connectivity index (χ1v) is 13.4. The molecule has 1 aliphatic carbocycles. The van der Waals surface area contributed by atoms with E-state index in [0.717, 1.165) is 12.0 Å². The fourth-order valence-corrected chi connectivity index (χ4v) is 4.95. The van der Waals surface area contributed by atoms with Crippen LogP contribution in [0.2, 0.25) is 0 Å². The zero-order chi connectivity index (χ0) is 29.0. The average Bonchev–Trinajstić information content (AvgIpc) is 2.81. The van der Waals surface area contributed by atoms with Gasteiger partial charge in [0.25, 0.3) is 0 Å². The molecule has 0 aliphatic heterocycles. The average molecular weight is 538 g/mol. The summed E-state index contributed by atoms with van der Waals surface area (Å²) < 4.78 is 17.0. The quantitative estimate of drug-likeness (QED) is 0.440. The van der Waals surface area contributed by atoms with Crippen molar-refractivity contribution in [2.24, 2.45) is 5.92 Å². The second kappa shape index (κ2) is 11.8. The van der Waals surface area contributed by atoms with Gasteiger partial charge in [0.05, 0.1) is 24.2 Å². The Bertz CT molecular complexity index is 1170. The first kappa shape index (κ1) is 30.2. The lowest BCUT2D eigenvalue weighted by molar-refractivity contribution is -0.171. The molecule has 2 N–H and O–H groups in total. The Morgan fingerprint density at radius 3 is 2.08 bits per heavy atom. The Morgan fingerprint density at radius 2 is 1.54 bits per heavy atom. The summed E-state index contributed by atoms with van der Waals surface area (Å²) in [6, 6.07) is 17.2. The molecule has 2 aromatic carbocycles. The van der Waals surface area contributed by atoms with Gasteiger partial charge in [-0.3, -0.25) is 4.79 Å². The van der Waals surface area contributed by atoms with Gasteiger partial charge < -0.3 is 24.6 Å². The fraction of sp³-hybridized carbons (Fsp3) is 0.500. The molecule has 1 aliphatic rings. The second-order valence-corrected chi connectivity index (χ2v) is 12.4. The van der Waals surface area contributed by atoms with Crippen molar-refractivity contribution in [2.75, 3.05) is 13.7 Å². The summed E-state index contributed by atoms with van der Waals surface area (Å²) >= 11 is 0. The molecule has 3 rings (SSSR count). The van der Waals surface area contributed by atoms with Crippen LogP contribution in [0.15, 0.2) is 65.9 Å². The van der Waals surface area contributed by atoms with E-state index in [-0.39, 0.29) is 6.42 Å². The van der Waals surface area contributed by atoms with Crippen LogP contribution in [0.1, 0.15) is 71.9 Å². The minimum absolute atomic E-state index is 0.0624. The van der Waals surface area contributed by atoms with Gasteiger partial charge in [0.1, 0.15) is 17.0 Å². The first-order chi connectivity index (χ1) is 18.1. The van der Waals surface area contributed by atoms with Gasteiger partial charge in [-0.05, 0) is 78.1 Å². The molecule has 0 heterocycles. The number of aliphatic hydroxyl groups is 1. The maximum absolute atomic E-state index is 13.9. The molecule has 39 heavy (non-hydrogen) atoms. The number of rotatable bonds is 8. The van der Waals surface area contributed by atoms with E-state index in [2.05, 4.69) is 5.32 Å². The summed E-state index contributed by atoms with van der Waals surface area (Å²) in [6.45, 7) is 12.9. The van der Waals surface area contributed by atoms with Crippen LogP contribution < -0.4 is 10.1 Å². The number of benzene rings is 2. The number of carbonyl (C=O) groups excluding carboxylic acids is 2. The van der Waals surface area contributed by atoms with Crippen molar-refractivity contribution in [1.82, 2.24) is 5.32 Å². The Kier molecular flexibility index (Phi) is 9.16. The van der Waals surface area contributed by atoms with Crippen LogP contribution in [0, 0.1) is 5.92 Å². The van der Waals surface area contributed by atoms with E-state index in [1.54, 1.807) is 67.7 Å². The highest BCUT2D eigenvalue weighted by Crippen LogP contribution is 2.48. The number of ether oxygens (including phenoxy) is 3. The molecule has 0 unspecified atom stereocenters. The van der Waals surface area contributed by atoms with E-state index in [1.165, 1.54) is 0 Å². The smallest absolute Gasteiger partial charge is 0.336 e. The molecular weight excluding hydrogens is 494 g/mol. The number of hydrogen-bond acceptors (Lipinski definition) is 7. The van der Waals surface area contributed by atoms with Crippen molar-refractivity contribution in [3.05, 3.63) is 77.0 Å². The molecule has 0 aromatic heterocycles. The lowest BCUT2D eigenvalue weighted by Gasteiger charge is -2.44. The maximum Gasteiger partial charge on any atom is 0.336 e. The Labute approximate surface area is 232 Å². The van der Waals surface area contributed by atoms with Crippen LogP contribution in [-0.4, -0.2) is 47.5 Å². The lowest BCUT2D eigenvalue weighted by atomic mass is 9.65. The highest BCUT2D eigenvalue weighted by atomic mass is 16.6. The van der Waals surface area contributed by atoms with Gasteiger partial charge in [0, 0.05) is 24.6 Å². The second-order valence-electron chi connectivity index (χ2n) is 12.4. The molecule has 0 amide bonds. The van der Waals surface area contributed by atoms with Crippen LogP contribution in [0.3, 0.4) is 0 Å². The highest BCUT2D eigenvalue weighted by Gasteiger charge is 2.53. The van der Waals surface area contributed by atoms with Gasteiger partial charge >= 0.3 is 11.9 Å². The zero-order valence-electron chi connectivity index (χ0n) is 24.5. The third-order valence-electron chi connectivity index (χ3n) is 6.52. The van der Waals surface area contributed by atoms with Gasteiger partial charge in [-0.25, -0.2) is 4.79 Å². The van der Waals surface area contributed by atoms with Gasteiger partial charge in [0.15, 0.2) is 0 Å². The van der Waals surface area contributed by atoms with E-state index in [4.69, 9.17) is 14.2 Å². The molecule has 7 nitrogen and oxygen atoms in total. The Balaban J connectivity index is 2.16. The third-order valence-corrected chi connectivity index (χ3v) is 6.52. The first-order valence-electron chi connectivity index (χ1n) is 13.4. The van der Waals surface area contributed by atoms with Crippen molar-refractivity contribution in [3.8, 4) is 5.75 Å².